The lowest BCUT2D eigenvalue weighted by molar-refractivity contribution is 0.0976. The lowest BCUT2D eigenvalue weighted by Crippen LogP contribution is -2.48. The summed E-state index contributed by atoms with van der Waals surface area (Å²) in [4.78, 5) is 12.1. The van der Waals surface area contributed by atoms with Gasteiger partial charge in [0.1, 0.15) is 0 Å². The fourth-order valence-corrected chi connectivity index (χ4v) is 2.07. The molecule has 1 rings (SSSR count). The first-order valence-electron chi connectivity index (χ1n) is 6.73. The van der Waals surface area contributed by atoms with Crippen molar-refractivity contribution in [1.82, 2.24) is 10.6 Å². The average molecular weight is 292 g/mol. The number of nitrogens with one attached hydrogen (secondary N) is 2. The molecular formula is C16H24N2OS. The zero-order chi connectivity index (χ0) is 15.6. The van der Waals surface area contributed by atoms with E-state index in [0.717, 1.165) is 0 Å². The van der Waals surface area contributed by atoms with Crippen molar-refractivity contribution in [3.8, 4) is 0 Å². The van der Waals surface area contributed by atoms with Gasteiger partial charge in [-0.1, -0.05) is 32.9 Å². The number of benzene rings is 1. The molecule has 3 nitrogen and oxygen atoms in total. The molecule has 0 spiro atoms. The van der Waals surface area contributed by atoms with Crippen LogP contribution in [0.3, 0.4) is 0 Å². The summed E-state index contributed by atoms with van der Waals surface area (Å²) in [5.74, 6) is -0.188. The van der Waals surface area contributed by atoms with Crippen molar-refractivity contribution in [2.75, 3.05) is 0 Å². The highest BCUT2D eigenvalue weighted by atomic mass is 32.1. The molecule has 110 valence electrons. The first-order valence-corrected chi connectivity index (χ1v) is 7.14. The molecule has 2 N–H and O–H groups in total. The van der Waals surface area contributed by atoms with E-state index in [-0.39, 0.29) is 16.9 Å². The van der Waals surface area contributed by atoms with Gasteiger partial charge in [0.05, 0.1) is 0 Å². The molecule has 20 heavy (non-hydrogen) atoms. The maximum Gasteiger partial charge on any atom is 0.257 e. The zero-order valence-electron chi connectivity index (χ0n) is 13.1. The molecule has 0 bridgehead atoms. The van der Waals surface area contributed by atoms with Gasteiger partial charge >= 0.3 is 0 Å². The van der Waals surface area contributed by atoms with E-state index in [9.17, 15) is 4.79 Å². The van der Waals surface area contributed by atoms with Gasteiger partial charge in [-0.2, -0.15) is 0 Å². The van der Waals surface area contributed by atoms with Crippen LogP contribution in [0.5, 0.6) is 0 Å². The Labute approximate surface area is 127 Å². The highest BCUT2D eigenvalue weighted by Gasteiger charge is 2.16. The van der Waals surface area contributed by atoms with Crippen LogP contribution in [0.2, 0.25) is 0 Å². The summed E-state index contributed by atoms with van der Waals surface area (Å²) >= 11 is 5.12. The molecule has 0 aliphatic heterocycles. The van der Waals surface area contributed by atoms with Crippen LogP contribution in [-0.4, -0.2) is 16.6 Å². The van der Waals surface area contributed by atoms with Crippen LogP contribution in [0.1, 0.15) is 57.5 Å². The summed E-state index contributed by atoms with van der Waals surface area (Å²) in [6.07, 6.45) is 0. The van der Waals surface area contributed by atoms with E-state index in [1.54, 1.807) is 0 Å². The van der Waals surface area contributed by atoms with Gasteiger partial charge in [-0.05, 0) is 56.1 Å². The Hall–Kier alpha value is -1.42. The summed E-state index contributed by atoms with van der Waals surface area (Å²) in [7, 11) is 0. The van der Waals surface area contributed by atoms with E-state index >= 15 is 0 Å². The van der Waals surface area contributed by atoms with E-state index in [4.69, 9.17) is 12.2 Å². The number of hydrogen-bond donors (Lipinski definition) is 2. The Kier molecular flexibility index (Phi) is 4.92. The molecule has 0 radical (unpaired) electrons. The Bertz CT molecular complexity index is 493. The van der Waals surface area contributed by atoms with Crippen molar-refractivity contribution in [2.45, 2.75) is 52.5 Å². The van der Waals surface area contributed by atoms with E-state index in [1.165, 1.54) is 5.56 Å². The van der Waals surface area contributed by atoms with Crippen molar-refractivity contribution in [3.63, 3.8) is 0 Å². The average Bonchev–Trinajstić information content (AvgIpc) is 2.25. The third-order valence-corrected chi connectivity index (χ3v) is 2.93. The molecular weight excluding hydrogens is 268 g/mol. The van der Waals surface area contributed by atoms with Gasteiger partial charge in [0, 0.05) is 11.1 Å². The molecule has 0 heterocycles. The molecule has 0 unspecified atom stereocenters. The van der Waals surface area contributed by atoms with Crippen molar-refractivity contribution in [1.29, 1.82) is 0 Å². The maximum atomic E-state index is 12.1. The van der Waals surface area contributed by atoms with Crippen molar-refractivity contribution >= 4 is 23.2 Å². The predicted molar refractivity (Wildman–Crippen MR) is 88.1 cm³/mol. The Morgan fingerprint density at radius 3 is 1.90 bits per heavy atom. The standard InChI is InChI=1S/C16H24N2OS/c1-15(2,3)12-9-7-11(8-10-12)13(19)17-14(20)18-16(4,5)6/h7-10H,1-6H3,(H2,17,18,19,20). The van der Waals surface area contributed by atoms with Crippen molar-refractivity contribution < 1.29 is 4.79 Å². The Morgan fingerprint density at radius 1 is 1.00 bits per heavy atom. The summed E-state index contributed by atoms with van der Waals surface area (Å²) in [6.45, 7) is 12.4. The van der Waals surface area contributed by atoms with E-state index in [2.05, 4.69) is 31.4 Å². The molecule has 0 saturated carbocycles. The second-order valence-corrected chi connectivity index (χ2v) is 7.39. The third kappa shape index (κ3) is 5.29. The highest BCUT2D eigenvalue weighted by Crippen LogP contribution is 2.22. The third-order valence-electron chi connectivity index (χ3n) is 2.73. The van der Waals surface area contributed by atoms with E-state index in [0.29, 0.717) is 10.7 Å². The molecule has 0 aromatic heterocycles. The fraction of sp³-hybridized carbons (Fsp3) is 0.500. The van der Waals surface area contributed by atoms with Gasteiger partial charge in [0.25, 0.3) is 5.91 Å². The van der Waals surface area contributed by atoms with Crippen LogP contribution in [0.4, 0.5) is 0 Å². The van der Waals surface area contributed by atoms with Crippen LogP contribution >= 0.6 is 12.2 Å². The highest BCUT2D eigenvalue weighted by molar-refractivity contribution is 7.80. The minimum absolute atomic E-state index is 0.0814. The number of carbonyl (C=O) groups is 1. The van der Waals surface area contributed by atoms with Crippen LogP contribution < -0.4 is 10.6 Å². The predicted octanol–water partition coefficient (Wildman–Crippen LogP) is 3.39. The Balaban J connectivity index is 2.72. The molecule has 0 atom stereocenters. The largest absolute Gasteiger partial charge is 0.358 e. The van der Waals surface area contributed by atoms with E-state index in [1.807, 2.05) is 45.0 Å². The van der Waals surface area contributed by atoms with Gasteiger partial charge in [0.15, 0.2) is 5.11 Å². The van der Waals surface area contributed by atoms with Crippen molar-refractivity contribution in [2.24, 2.45) is 0 Å². The summed E-state index contributed by atoms with van der Waals surface area (Å²) in [6, 6.07) is 7.62. The molecule has 0 saturated heterocycles. The lowest BCUT2D eigenvalue weighted by atomic mass is 9.87. The molecule has 1 aromatic carbocycles. The van der Waals surface area contributed by atoms with Crippen LogP contribution in [-0.2, 0) is 5.41 Å². The molecule has 1 amide bonds. The molecule has 4 heteroatoms. The van der Waals surface area contributed by atoms with Gasteiger partial charge in [-0.15, -0.1) is 0 Å². The number of rotatable bonds is 1. The number of thiocarbonyl (C=S) groups is 1. The molecule has 0 fully saturated rings. The van der Waals surface area contributed by atoms with E-state index < -0.39 is 0 Å². The van der Waals surface area contributed by atoms with Crippen LogP contribution in [0.15, 0.2) is 24.3 Å². The number of amides is 1. The van der Waals surface area contributed by atoms with Crippen molar-refractivity contribution in [3.05, 3.63) is 35.4 Å². The van der Waals surface area contributed by atoms with Crippen LogP contribution in [0.25, 0.3) is 0 Å². The molecule has 0 aliphatic carbocycles. The quantitative estimate of drug-likeness (QED) is 0.780. The maximum absolute atomic E-state index is 12.1. The van der Waals surface area contributed by atoms with Gasteiger partial charge < -0.3 is 5.32 Å². The van der Waals surface area contributed by atoms with Gasteiger partial charge in [-0.3, -0.25) is 10.1 Å². The monoisotopic (exact) mass is 292 g/mol. The first kappa shape index (κ1) is 16.6. The molecule has 0 aliphatic rings. The Morgan fingerprint density at radius 2 is 1.50 bits per heavy atom. The summed E-state index contributed by atoms with van der Waals surface area (Å²) in [5.41, 5.74) is 1.72. The SMILES string of the molecule is CC(C)(C)NC(=S)NC(=O)c1ccc(C(C)(C)C)cc1. The topological polar surface area (TPSA) is 41.1 Å². The lowest BCUT2D eigenvalue weighted by Gasteiger charge is -2.22. The van der Waals surface area contributed by atoms with Gasteiger partial charge in [0.2, 0.25) is 0 Å². The number of hydrogen-bond acceptors (Lipinski definition) is 2. The normalized spacial score (nSPS) is 11.9. The molecule has 1 aromatic rings. The summed E-state index contributed by atoms with van der Waals surface area (Å²) < 4.78 is 0. The smallest absolute Gasteiger partial charge is 0.257 e. The summed E-state index contributed by atoms with van der Waals surface area (Å²) in [5, 5.41) is 6.10. The fourth-order valence-electron chi connectivity index (χ4n) is 1.67. The minimum atomic E-state index is -0.188. The second-order valence-electron chi connectivity index (χ2n) is 6.99. The minimum Gasteiger partial charge on any atom is -0.358 e. The van der Waals surface area contributed by atoms with Gasteiger partial charge in [-0.25, -0.2) is 0 Å². The zero-order valence-corrected chi connectivity index (χ0v) is 13.9. The first-order chi connectivity index (χ1) is 8.99. The second kappa shape index (κ2) is 5.92. The number of carbonyl (C=O) groups excluding carboxylic acids is 1. The van der Waals surface area contributed by atoms with Crippen LogP contribution in [0, 0.1) is 0 Å².